The van der Waals surface area contributed by atoms with Crippen LogP contribution in [0.2, 0.25) is 5.02 Å². The average Bonchev–Trinajstić information content (AvgIpc) is 2.70. The number of hydrogen-bond acceptors (Lipinski definition) is 7. The Hall–Kier alpha value is -2.56. The van der Waals surface area contributed by atoms with Gasteiger partial charge in [-0.2, -0.15) is 0 Å². The molecule has 1 aromatic carbocycles. The molecule has 11 heteroatoms. The number of pyridine rings is 1. The molecule has 0 bridgehead atoms. The fraction of sp³-hybridized carbons (Fsp3) is 0.429. The molecular formula is C21H26ClN3O6S. The first-order valence-corrected chi connectivity index (χ1v) is 11.9. The second kappa shape index (κ2) is 9.13. The molecule has 0 atom stereocenters. The highest BCUT2D eigenvalue weighted by molar-refractivity contribution is 7.90. The van der Waals surface area contributed by atoms with E-state index in [9.17, 15) is 23.1 Å². The minimum absolute atomic E-state index is 0.155. The Morgan fingerprint density at radius 3 is 2.41 bits per heavy atom. The van der Waals surface area contributed by atoms with Gasteiger partial charge in [-0.05, 0) is 45.0 Å². The molecule has 2 aromatic rings. The topological polar surface area (TPSA) is 109 Å². The van der Waals surface area contributed by atoms with Gasteiger partial charge in [-0.3, -0.25) is 9.69 Å². The van der Waals surface area contributed by atoms with Gasteiger partial charge in [0, 0.05) is 49.5 Å². The van der Waals surface area contributed by atoms with E-state index < -0.39 is 26.9 Å². The van der Waals surface area contributed by atoms with E-state index in [0.717, 1.165) is 6.20 Å². The highest BCUT2D eigenvalue weighted by Crippen LogP contribution is 2.21. The number of aromatic nitrogens is 1. The average molecular weight is 484 g/mol. The second-order valence-corrected chi connectivity index (χ2v) is 10.7. The summed E-state index contributed by atoms with van der Waals surface area (Å²) in [5, 5.41) is 10.6. The van der Waals surface area contributed by atoms with Crippen molar-refractivity contribution in [3.05, 3.63) is 57.5 Å². The number of ether oxygens (including phenoxy) is 1. The lowest BCUT2D eigenvalue weighted by atomic mass is 10.2. The Labute approximate surface area is 191 Å². The van der Waals surface area contributed by atoms with Crippen LogP contribution >= 0.6 is 11.6 Å². The summed E-state index contributed by atoms with van der Waals surface area (Å²) in [7, 11) is -4.21. The standard InChI is InChI=1S/C21H26ClN3O6S/c1-21(2,3)31-20(28)24-11-9-23(10-12-24)14-15-7-8-25(19(27)18(15)26)32(29,30)17-6-4-5-16(22)13-17/h4-8,13,26H,9-12,14H2,1-3H3. The quantitative estimate of drug-likeness (QED) is 0.711. The highest BCUT2D eigenvalue weighted by Gasteiger charge is 2.27. The fourth-order valence-corrected chi connectivity index (χ4v) is 4.79. The molecule has 1 aliphatic rings. The summed E-state index contributed by atoms with van der Waals surface area (Å²) in [5.74, 6) is -0.632. The SMILES string of the molecule is CC(C)(C)OC(=O)N1CCN(Cc2ccn(S(=O)(=O)c3cccc(Cl)c3)c(=O)c2O)CC1. The number of carbonyl (C=O) groups excluding carboxylic acids is 1. The van der Waals surface area contributed by atoms with Crippen LogP contribution in [0.25, 0.3) is 0 Å². The summed E-state index contributed by atoms with van der Waals surface area (Å²) in [6, 6.07) is 6.94. The third kappa shape index (κ3) is 5.43. The van der Waals surface area contributed by atoms with E-state index in [-0.39, 0.29) is 22.6 Å². The molecule has 174 valence electrons. The second-order valence-electron chi connectivity index (χ2n) is 8.50. The molecule has 1 aliphatic heterocycles. The number of nitrogens with zero attached hydrogens (tertiary/aromatic N) is 3. The first-order chi connectivity index (χ1) is 14.9. The Balaban J connectivity index is 1.72. The third-order valence-electron chi connectivity index (χ3n) is 4.89. The lowest BCUT2D eigenvalue weighted by Gasteiger charge is -2.35. The Morgan fingerprint density at radius 1 is 1.16 bits per heavy atom. The van der Waals surface area contributed by atoms with Crippen LogP contribution in [0, 0.1) is 0 Å². The third-order valence-corrected chi connectivity index (χ3v) is 6.78. The van der Waals surface area contributed by atoms with Crippen LogP contribution in [0.15, 0.2) is 46.2 Å². The van der Waals surface area contributed by atoms with Gasteiger partial charge in [0.2, 0.25) is 0 Å². The van der Waals surface area contributed by atoms with Crippen molar-refractivity contribution in [2.45, 2.75) is 37.8 Å². The monoisotopic (exact) mass is 483 g/mol. The number of benzene rings is 1. The predicted octanol–water partition coefficient (Wildman–Crippen LogP) is 2.50. The van der Waals surface area contributed by atoms with E-state index in [1.807, 2.05) is 4.90 Å². The van der Waals surface area contributed by atoms with Gasteiger partial charge in [0.1, 0.15) is 5.60 Å². The van der Waals surface area contributed by atoms with Crippen LogP contribution in [0.1, 0.15) is 26.3 Å². The number of amides is 1. The summed E-state index contributed by atoms with van der Waals surface area (Å²) in [4.78, 5) is 28.2. The van der Waals surface area contributed by atoms with Crippen molar-refractivity contribution in [2.75, 3.05) is 26.2 Å². The van der Waals surface area contributed by atoms with Crippen molar-refractivity contribution in [3.8, 4) is 5.75 Å². The Kier molecular flexibility index (Phi) is 6.87. The first kappa shape index (κ1) is 24.1. The van der Waals surface area contributed by atoms with Crippen LogP contribution in [-0.2, 0) is 21.3 Å². The minimum Gasteiger partial charge on any atom is -0.503 e. The van der Waals surface area contributed by atoms with E-state index in [0.29, 0.717) is 35.7 Å². The maximum Gasteiger partial charge on any atom is 0.410 e. The number of carbonyl (C=O) groups is 1. The Bertz CT molecular complexity index is 1160. The normalized spacial score (nSPS) is 15.6. The van der Waals surface area contributed by atoms with Crippen molar-refractivity contribution in [3.63, 3.8) is 0 Å². The zero-order valence-electron chi connectivity index (χ0n) is 18.1. The predicted molar refractivity (Wildman–Crippen MR) is 119 cm³/mol. The highest BCUT2D eigenvalue weighted by atomic mass is 35.5. The lowest BCUT2D eigenvalue weighted by Crippen LogP contribution is -2.49. The van der Waals surface area contributed by atoms with E-state index >= 15 is 0 Å². The molecule has 0 aliphatic carbocycles. The minimum atomic E-state index is -4.21. The summed E-state index contributed by atoms with van der Waals surface area (Å²) in [5.41, 5.74) is -1.30. The molecule has 1 N–H and O–H groups in total. The van der Waals surface area contributed by atoms with Gasteiger partial charge in [-0.25, -0.2) is 17.2 Å². The number of rotatable bonds is 4. The van der Waals surface area contributed by atoms with E-state index in [1.54, 1.807) is 25.7 Å². The van der Waals surface area contributed by atoms with Crippen molar-refractivity contribution in [1.82, 2.24) is 13.8 Å². The van der Waals surface area contributed by atoms with Gasteiger partial charge >= 0.3 is 11.7 Å². The first-order valence-electron chi connectivity index (χ1n) is 10.0. The maximum atomic E-state index is 12.8. The fourth-order valence-electron chi connectivity index (χ4n) is 3.26. The molecule has 9 nitrogen and oxygen atoms in total. The number of aromatic hydroxyl groups is 1. The van der Waals surface area contributed by atoms with Gasteiger partial charge < -0.3 is 14.7 Å². The molecule has 1 fully saturated rings. The summed E-state index contributed by atoms with van der Waals surface area (Å²) >= 11 is 5.87. The van der Waals surface area contributed by atoms with Gasteiger partial charge in [0.25, 0.3) is 10.0 Å². The zero-order chi connectivity index (χ0) is 23.7. The number of piperazine rings is 1. The van der Waals surface area contributed by atoms with Crippen molar-refractivity contribution in [1.29, 1.82) is 0 Å². The van der Waals surface area contributed by atoms with Crippen molar-refractivity contribution in [2.24, 2.45) is 0 Å². The van der Waals surface area contributed by atoms with Gasteiger partial charge in [0.05, 0.1) is 4.90 Å². The van der Waals surface area contributed by atoms with Crippen LogP contribution < -0.4 is 5.56 Å². The van der Waals surface area contributed by atoms with E-state index in [4.69, 9.17) is 16.3 Å². The van der Waals surface area contributed by atoms with Crippen LogP contribution in [0.3, 0.4) is 0 Å². The molecule has 0 spiro atoms. The molecular weight excluding hydrogens is 458 g/mol. The number of hydrogen-bond donors (Lipinski definition) is 1. The summed E-state index contributed by atoms with van der Waals surface area (Å²) in [6.07, 6.45) is 0.749. The van der Waals surface area contributed by atoms with E-state index in [2.05, 4.69) is 0 Å². The molecule has 1 amide bonds. The molecule has 0 unspecified atom stereocenters. The van der Waals surface area contributed by atoms with Crippen LogP contribution in [-0.4, -0.2) is 65.2 Å². The largest absolute Gasteiger partial charge is 0.503 e. The molecule has 32 heavy (non-hydrogen) atoms. The van der Waals surface area contributed by atoms with Crippen molar-refractivity contribution >= 4 is 27.7 Å². The number of halogens is 1. The lowest BCUT2D eigenvalue weighted by molar-refractivity contribution is 0.0138. The molecule has 0 saturated carbocycles. The smallest absolute Gasteiger partial charge is 0.410 e. The van der Waals surface area contributed by atoms with Crippen LogP contribution in [0.5, 0.6) is 5.75 Å². The molecule has 1 aromatic heterocycles. The zero-order valence-corrected chi connectivity index (χ0v) is 19.7. The van der Waals surface area contributed by atoms with Crippen LogP contribution in [0.4, 0.5) is 4.79 Å². The molecule has 3 rings (SSSR count). The van der Waals surface area contributed by atoms with Crippen molar-refractivity contribution < 1.29 is 23.1 Å². The van der Waals surface area contributed by atoms with Gasteiger partial charge in [-0.1, -0.05) is 17.7 Å². The molecule has 0 radical (unpaired) electrons. The summed E-state index contributed by atoms with van der Waals surface area (Å²) in [6.45, 7) is 7.56. The van der Waals surface area contributed by atoms with Gasteiger partial charge in [-0.15, -0.1) is 0 Å². The Morgan fingerprint density at radius 2 is 1.81 bits per heavy atom. The van der Waals surface area contributed by atoms with Gasteiger partial charge in [0.15, 0.2) is 5.75 Å². The summed E-state index contributed by atoms with van der Waals surface area (Å²) < 4.78 is 31.5. The molecule has 2 heterocycles. The maximum absolute atomic E-state index is 12.8. The van der Waals surface area contributed by atoms with E-state index in [1.165, 1.54) is 30.3 Å². The molecule has 1 saturated heterocycles.